The molecule has 0 aromatic heterocycles. The summed E-state index contributed by atoms with van der Waals surface area (Å²) < 4.78 is 6.12. The Balaban J connectivity index is 1.68. The minimum atomic E-state index is 0.0658. The summed E-state index contributed by atoms with van der Waals surface area (Å²) in [4.78, 5) is 0. The topological polar surface area (TPSA) is 35.2 Å². The van der Waals surface area contributed by atoms with Gasteiger partial charge in [0.05, 0.1) is 0 Å². The Kier molecular flexibility index (Phi) is 3.99. The van der Waals surface area contributed by atoms with Crippen molar-refractivity contribution in [3.63, 3.8) is 0 Å². The molecule has 1 saturated carbocycles. The predicted molar refractivity (Wildman–Crippen MR) is 78.6 cm³/mol. The molecule has 0 bridgehead atoms. The molecule has 0 saturated heterocycles. The van der Waals surface area contributed by atoms with Gasteiger partial charge in [0.25, 0.3) is 0 Å². The molecule has 0 amide bonds. The molecule has 2 N–H and O–H groups in total. The van der Waals surface area contributed by atoms with Crippen molar-refractivity contribution < 1.29 is 4.74 Å². The summed E-state index contributed by atoms with van der Waals surface area (Å²) in [7, 11) is 0. The van der Waals surface area contributed by atoms with Gasteiger partial charge in [0.1, 0.15) is 11.9 Å². The third-order valence-corrected chi connectivity index (χ3v) is 4.74. The van der Waals surface area contributed by atoms with Gasteiger partial charge in [-0.3, -0.25) is 0 Å². The molecule has 1 fully saturated rings. The summed E-state index contributed by atoms with van der Waals surface area (Å²) >= 11 is 6.02. The van der Waals surface area contributed by atoms with Crippen LogP contribution in [-0.2, 0) is 0 Å². The van der Waals surface area contributed by atoms with Crippen LogP contribution in [-0.4, -0.2) is 6.10 Å². The second-order valence-electron chi connectivity index (χ2n) is 6.00. The Hall–Kier alpha value is -0.730. The Morgan fingerprint density at radius 3 is 2.79 bits per heavy atom. The van der Waals surface area contributed by atoms with Gasteiger partial charge in [-0.05, 0) is 30.5 Å². The van der Waals surface area contributed by atoms with E-state index in [4.69, 9.17) is 22.1 Å². The van der Waals surface area contributed by atoms with Crippen molar-refractivity contribution in [3.8, 4) is 5.75 Å². The molecule has 104 valence electrons. The first-order valence-electron chi connectivity index (χ1n) is 7.44. The number of rotatable bonds is 2. The van der Waals surface area contributed by atoms with E-state index in [9.17, 15) is 0 Å². The maximum absolute atomic E-state index is 6.27. The monoisotopic (exact) mass is 279 g/mol. The fraction of sp³-hybridized carbons (Fsp3) is 0.625. The van der Waals surface area contributed by atoms with Gasteiger partial charge >= 0.3 is 0 Å². The molecular formula is C16H22ClNO. The maximum atomic E-state index is 6.27. The Labute approximate surface area is 120 Å². The number of hydrogen-bond donors (Lipinski definition) is 1. The average molecular weight is 280 g/mol. The quantitative estimate of drug-likeness (QED) is 0.867. The first kappa shape index (κ1) is 13.3. The zero-order valence-corrected chi connectivity index (χ0v) is 12.0. The van der Waals surface area contributed by atoms with E-state index in [1.54, 1.807) is 0 Å². The zero-order chi connectivity index (χ0) is 13.2. The highest BCUT2D eigenvalue weighted by Gasteiger charge is 2.28. The van der Waals surface area contributed by atoms with Crippen molar-refractivity contribution in [1.82, 2.24) is 0 Å². The zero-order valence-electron chi connectivity index (χ0n) is 11.3. The molecule has 2 nitrogen and oxygen atoms in total. The van der Waals surface area contributed by atoms with Gasteiger partial charge in [0.2, 0.25) is 0 Å². The van der Waals surface area contributed by atoms with Crippen molar-refractivity contribution in [3.05, 3.63) is 28.8 Å². The first-order valence-corrected chi connectivity index (χ1v) is 7.82. The summed E-state index contributed by atoms with van der Waals surface area (Å²) in [5.74, 6) is 1.77. The number of ether oxygens (including phenoxy) is 1. The third-order valence-electron chi connectivity index (χ3n) is 4.50. The van der Waals surface area contributed by atoms with E-state index >= 15 is 0 Å². The van der Waals surface area contributed by atoms with Crippen LogP contribution in [0.25, 0.3) is 0 Å². The highest BCUT2D eigenvalue weighted by molar-refractivity contribution is 6.30. The van der Waals surface area contributed by atoms with Crippen molar-refractivity contribution in [2.24, 2.45) is 11.7 Å². The van der Waals surface area contributed by atoms with Crippen LogP contribution >= 0.6 is 11.6 Å². The smallest absolute Gasteiger partial charge is 0.124 e. The lowest BCUT2D eigenvalue weighted by Crippen LogP contribution is -2.31. The molecule has 3 rings (SSSR count). The van der Waals surface area contributed by atoms with Crippen molar-refractivity contribution in [2.45, 2.75) is 57.1 Å². The van der Waals surface area contributed by atoms with E-state index < -0.39 is 0 Å². The highest BCUT2D eigenvalue weighted by Crippen LogP contribution is 2.38. The summed E-state index contributed by atoms with van der Waals surface area (Å²) in [5.41, 5.74) is 7.33. The fourth-order valence-electron chi connectivity index (χ4n) is 3.49. The van der Waals surface area contributed by atoms with Crippen LogP contribution < -0.4 is 10.5 Å². The highest BCUT2D eigenvalue weighted by atomic mass is 35.5. The normalized spacial score (nSPS) is 27.7. The molecular weight excluding hydrogens is 258 g/mol. The standard InChI is InChI=1S/C16H22ClNO/c17-12-6-7-16-14(9-12)15(18)10-13(19-16)8-11-4-2-1-3-5-11/h6-7,9,11,13,15H,1-5,8,10,18H2. The number of halogens is 1. The first-order chi connectivity index (χ1) is 9.22. The van der Waals surface area contributed by atoms with E-state index in [0.29, 0.717) is 0 Å². The number of hydrogen-bond acceptors (Lipinski definition) is 2. The average Bonchev–Trinajstić information content (AvgIpc) is 2.41. The number of benzene rings is 1. The van der Waals surface area contributed by atoms with Crippen LogP contribution in [0.3, 0.4) is 0 Å². The van der Waals surface area contributed by atoms with Crippen molar-refractivity contribution in [2.75, 3.05) is 0 Å². The molecule has 2 aliphatic rings. The van der Waals surface area contributed by atoms with Gasteiger partial charge in [-0.25, -0.2) is 0 Å². The largest absolute Gasteiger partial charge is 0.490 e. The minimum absolute atomic E-state index is 0.0658. The van der Waals surface area contributed by atoms with Gasteiger partial charge in [-0.1, -0.05) is 43.7 Å². The second-order valence-corrected chi connectivity index (χ2v) is 6.44. The van der Waals surface area contributed by atoms with Crippen molar-refractivity contribution >= 4 is 11.6 Å². The van der Waals surface area contributed by atoms with E-state index in [-0.39, 0.29) is 12.1 Å². The second kappa shape index (κ2) is 5.72. The minimum Gasteiger partial charge on any atom is -0.490 e. The van der Waals surface area contributed by atoms with E-state index in [0.717, 1.165) is 35.1 Å². The number of nitrogens with two attached hydrogens (primary N) is 1. The lowest BCUT2D eigenvalue weighted by molar-refractivity contribution is 0.120. The summed E-state index contributed by atoms with van der Waals surface area (Å²) in [6.45, 7) is 0. The molecule has 0 radical (unpaired) electrons. The fourth-order valence-corrected chi connectivity index (χ4v) is 3.67. The SMILES string of the molecule is NC1CC(CC2CCCCC2)Oc2ccc(Cl)cc21. The lowest BCUT2D eigenvalue weighted by atomic mass is 9.83. The van der Waals surface area contributed by atoms with E-state index in [2.05, 4.69) is 0 Å². The molecule has 1 aliphatic carbocycles. The van der Waals surface area contributed by atoms with Gasteiger partial charge in [-0.2, -0.15) is 0 Å². The van der Waals surface area contributed by atoms with Crippen molar-refractivity contribution in [1.29, 1.82) is 0 Å². The summed E-state index contributed by atoms with van der Waals surface area (Å²) in [6, 6.07) is 5.86. The van der Waals surface area contributed by atoms with Crippen LogP contribution in [0.15, 0.2) is 18.2 Å². The Bertz CT molecular complexity index is 442. The maximum Gasteiger partial charge on any atom is 0.124 e. The molecule has 1 aromatic rings. The molecule has 2 atom stereocenters. The third kappa shape index (κ3) is 3.06. The van der Waals surface area contributed by atoms with Crippen LogP contribution in [0.5, 0.6) is 5.75 Å². The molecule has 1 heterocycles. The van der Waals surface area contributed by atoms with Gasteiger partial charge in [0.15, 0.2) is 0 Å². The summed E-state index contributed by atoms with van der Waals surface area (Å²) in [6.07, 6.45) is 9.27. The lowest BCUT2D eigenvalue weighted by Gasteiger charge is -2.33. The molecule has 1 aliphatic heterocycles. The van der Waals surface area contributed by atoms with Crippen LogP contribution in [0.4, 0.5) is 0 Å². The van der Waals surface area contributed by atoms with Crippen LogP contribution in [0, 0.1) is 5.92 Å². The van der Waals surface area contributed by atoms with Crippen LogP contribution in [0.1, 0.15) is 56.6 Å². The van der Waals surface area contributed by atoms with E-state index in [1.165, 1.54) is 32.1 Å². The van der Waals surface area contributed by atoms with Gasteiger partial charge < -0.3 is 10.5 Å². The Morgan fingerprint density at radius 1 is 1.21 bits per heavy atom. The Morgan fingerprint density at radius 2 is 2.00 bits per heavy atom. The predicted octanol–water partition coefficient (Wildman–Crippen LogP) is 4.46. The molecule has 19 heavy (non-hydrogen) atoms. The number of fused-ring (bicyclic) bond motifs is 1. The van der Waals surface area contributed by atoms with Gasteiger partial charge in [0, 0.05) is 23.0 Å². The molecule has 3 heteroatoms. The molecule has 0 spiro atoms. The van der Waals surface area contributed by atoms with Crippen LogP contribution in [0.2, 0.25) is 5.02 Å². The molecule has 1 aromatic carbocycles. The van der Waals surface area contributed by atoms with E-state index in [1.807, 2.05) is 18.2 Å². The summed E-state index contributed by atoms with van der Waals surface area (Å²) in [5, 5.41) is 0.739. The van der Waals surface area contributed by atoms with Gasteiger partial charge in [-0.15, -0.1) is 0 Å². The molecule has 2 unspecified atom stereocenters.